The first-order chi connectivity index (χ1) is 19.3. The third kappa shape index (κ3) is 3.34. The van der Waals surface area contributed by atoms with E-state index < -0.39 is 23.6 Å². The number of nitrogens with zero attached hydrogens (tertiary/aromatic N) is 3. The molecule has 1 saturated heterocycles. The van der Waals surface area contributed by atoms with Gasteiger partial charge in [0.05, 0.1) is 16.1 Å². The minimum absolute atomic E-state index is 0.0105. The molecule has 4 aromatic rings. The van der Waals surface area contributed by atoms with Gasteiger partial charge in [-0.15, -0.1) is 0 Å². The molecule has 1 unspecified atom stereocenters. The molecule has 1 amide bonds. The molecule has 0 aliphatic carbocycles. The summed E-state index contributed by atoms with van der Waals surface area (Å²) in [5, 5.41) is 13.9. The first-order valence-electron chi connectivity index (χ1n) is 13.3. The van der Waals surface area contributed by atoms with Crippen LogP contribution in [-0.2, 0) is 21.6 Å². The van der Waals surface area contributed by atoms with E-state index in [1.54, 1.807) is 24.3 Å². The molecule has 1 aromatic heterocycles. The summed E-state index contributed by atoms with van der Waals surface area (Å²) in [5.41, 5.74) is 2.81. The van der Waals surface area contributed by atoms with Crippen molar-refractivity contribution in [2.45, 2.75) is 49.6 Å². The molecule has 7 rings (SSSR count). The number of aromatic nitrogens is 2. The molecule has 3 aromatic carbocycles. The second kappa shape index (κ2) is 9.26. The number of carbonyl (C=O) groups is 1. The van der Waals surface area contributed by atoms with Gasteiger partial charge in [0, 0.05) is 53.4 Å². The number of amides is 1. The lowest BCUT2D eigenvalue weighted by Gasteiger charge is -2.39. The summed E-state index contributed by atoms with van der Waals surface area (Å²) in [5.74, 6) is -0.904. The number of carbonyl (C=O) groups excluding carboxylic acids is 1. The quantitative estimate of drug-likeness (QED) is 0.292. The van der Waals surface area contributed by atoms with E-state index >= 15 is 4.39 Å². The summed E-state index contributed by atoms with van der Waals surface area (Å²) in [6, 6.07) is 15.9. The second-order valence-electron chi connectivity index (χ2n) is 10.7. The molecule has 1 spiro atoms. The van der Waals surface area contributed by atoms with Gasteiger partial charge in [-0.1, -0.05) is 54.4 Å². The van der Waals surface area contributed by atoms with E-state index in [-0.39, 0.29) is 22.9 Å². The van der Waals surface area contributed by atoms with E-state index in [9.17, 15) is 9.90 Å². The van der Waals surface area contributed by atoms with Crippen molar-refractivity contribution >= 4 is 45.8 Å². The van der Waals surface area contributed by atoms with Crippen molar-refractivity contribution in [2.75, 3.05) is 19.0 Å². The smallest absolute Gasteiger partial charge is 0.250 e. The summed E-state index contributed by atoms with van der Waals surface area (Å²) >= 11 is 12.7. The predicted molar refractivity (Wildman–Crippen MR) is 151 cm³/mol. The molecule has 0 radical (unpaired) electrons. The average Bonchev–Trinajstić information content (AvgIpc) is 3.56. The van der Waals surface area contributed by atoms with Crippen molar-refractivity contribution in [3.8, 4) is 0 Å². The van der Waals surface area contributed by atoms with Gasteiger partial charge in [-0.3, -0.25) is 9.69 Å². The monoisotopic (exact) mass is 580 g/mol. The molecular formula is C30H27Cl2FN4O3. The Kier molecular flexibility index (Phi) is 6.00. The lowest BCUT2D eigenvalue weighted by Crippen LogP contribution is -2.52. The standard InChI is InChI=1S/C30H27Cl2FN4O3/c1-3-37-23-11-12-36-22-10-7-15(28(38)40-2)13-21(22)34-27(36)24(23)25(17-5-4-6-19(32)26(17)33)30(37)18-9-8-16(31)14-20(18)35-29(30)39/h4-10,13-14,23-25,28,38H,3,11-12H2,1-2H3,(H,35,39)/t23-,24+,25-,28?,30+/m0/s1. The van der Waals surface area contributed by atoms with Crippen molar-refractivity contribution < 1.29 is 19.0 Å². The highest BCUT2D eigenvalue weighted by Gasteiger charge is 2.68. The number of fused-ring (bicyclic) bond motifs is 7. The summed E-state index contributed by atoms with van der Waals surface area (Å²) in [4.78, 5) is 21.6. The van der Waals surface area contributed by atoms with Crippen molar-refractivity contribution in [3.05, 3.63) is 93.0 Å². The normalized spacial score (nSPS) is 26.1. The highest BCUT2D eigenvalue weighted by Crippen LogP contribution is 2.64. The number of likely N-dealkylation sites (tertiary alicyclic amines) is 1. The number of hydrogen-bond acceptors (Lipinski definition) is 5. The Bertz CT molecular complexity index is 1690. The Morgan fingerprint density at radius 3 is 2.83 bits per heavy atom. The number of imidazole rings is 1. The van der Waals surface area contributed by atoms with Gasteiger partial charge in [0.25, 0.3) is 0 Å². The molecule has 1 fully saturated rings. The number of likely N-dealkylation sites (N-methyl/N-ethyl adjacent to an activating group) is 1. The van der Waals surface area contributed by atoms with Gasteiger partial charge in [0.1, 0.15) is 17.2 Å². The maximum Gasteiger partial charge on any atom is 0.250 e. The van der Waals surface area contributed by atoms with Crippen molar-refractivity contribution in [1.82, 2.24) is 14.5 Å². The SMILES string of the molecule is CCN1[C@H]2CCn3c(nc4cc(C(O)OC)ccc43)[C@H]2[C@H](c2cccc(Cl)c2F)[C@]12C(=O)Nc1cc(Cl)ccc12. The second-order valence-corrected chi connectivity index (χ2v) is 11.5. The molecular weight excluding hydrogens is 554 g/mol. The first kappa shape index (κ1) is 25.9. The Balaban J connectivity index is 1.52. The molecule has 0 bridgehead atoms. The Hall–Kier alpha value is -3.01. The van der Waals surface area contributed by atoms with Crippen LogP contribution in [0.3, 0.4) is 0 Å². The van der Waals surface area contributed by atoms with Crippen LogP contribution in [0.1, 0.15) is 54.0 Å². The largest absolute Gasteiger partial charge is 0.364 e. The lowest BCUT2D eigenvalue weighted by atomic mass is 9.70. The topological polar surface area (TPSA) is 79.6 Å². The van der Waals surface area contributed by atoms with Gasteiger partial charge in [0.15, 0.2) is 6.29 Å². The number of benzene rings is 3. The summed E-state index contributed by atoms with van der Waals surface area (Å²) in [6.07, 6.45) is -0.323. The van der Waals surface area contributed by atoms with E-state index in [2.05, 4.69) is 14.8 Å². The van der Waals surface area contributed by atoms with Gasteiger partial charge >= 0.3 is 0 Å². The van der Waals surface area contributed by atoms with Gasteiger partial charge < -0.3 is 19.7 Å². The van der Waals surface area contributed by atoms with E-state index in [0.29, 0.717) is 40.4 Å². The van der Waals surface area contributed by atoms with Gasteiger partial charge in [-0.2, -0.15) is 0 Å². The molecule has 4 heterocycles. The highest BCUT2D eigenvalue weighted by atomic mass is 35.5. The zero-order valence-corrected chi connectivity index (χ0v) is 23.4. The molecule has 3 aliphatic heterocycles. The van der Waals surface area contributed by atoms with Crippen LogP contribution in [0.4, 0.5) is 10.1 Å². The Labute approximate surface area is 240 Å². The van der Waals surface area contributed by atoms with Crippen molar-refractivity contribution in [2.24, 2.45) is 0 Å². The predicted octanol–water partition coefficient (Wildman–Crippen LogP) is 5.94. The number of methoxy groups -OCH3 is 1. The van der Waals surface area contributed by atoms with Crippen LogP contribution < -0.4 is 5.32 Å². The summed E-state index contributed by atoms with van der Waals surface area (Å²) in [7, 11) is 1.44. The number of halogens is 3. The van der Waals surface area contributed by atoms with Gasteiger partial charge in [-0.05, 0) is 48.9 Å². The highest BCUT2D eigenvalue weighted by molar-refractivity contribution is 6.31. The lowest BCUT2D eigenvalue weighted by molar-refractivity contribution is -0.127. The zero-order chi connectivity index (χ0) is 27.9. The van der Waals surface area contributed by atoms with Gasteiger partial charge in [0.2, 0.25) is 5.91 Å². The fourth-order valence-electron chi connectivity index (χ4n) is 7.53. The van der Waals surface area contributed by atoms with E-state index in [1.165, 1.54) is 13.2 Å². The van der Waals surface area contributed by atoms with E-state index in [1.807, 2.05) is 31.2 Å². The van der Waals surface area contributed by atoms with Crippen LogP contribution in [0, 0.1) is 5.82 Å². The molecule has 206 valence electrons. The third-order valence-electron chi connectivity index (χ3n) is 8.98. The van der Waals surface area contributed by atoms with Crippen LogP contribution in [0.5, 0.6) is 0 Å². The van der Waals surface area contributed by atoms with Gasteiger partial charge in [-0.25, -0.2) is 9.37 Å². The summed E-state index contributed by atoms with van der Waals surface area (Å²) in [6.45, 7) is 3.29. The molecule has 5 atom stereocenters. The molecule has 10 heteroatoms. The van der Waals surface area contributed by atoms with Crippen LogP contribution in [-0.4, -0.2) is 45.2 Å². The maximum atomic E-state index is 16.0. The average molecular weight is 581 g/mol. The van der Waals surface area contributed by atoms with Crippen molar-refractivity contribution in [1.29, 1.82) is 0 Å². The van der Waals surface area contributed by atoms with Crippen LogP contribution in [0.15, 0.2) is 54.6 Å². The van der Waals surface area contributed by atoms with Crippen LogP contribution in [0.25, 0.3) is 11.0 Å². The minimum atomic E-state index is -1.19. The number of aryl methyl sites for hydroxylation is 1. The molecule has 7 nitrogen and oxygen atoms in total. The van der Waals surface area contributed by atoms with Crippen LogP contribution >= 0.6 is 23.2 Å². The zero-order valence-electron chi connectivity index (χ0n) is 21.9. The van der Waals surface area contributed by atoms with Crippen LogP contribution in [0.2, 0.25) is 10.0 Å². The number of ether oxygens (including phenoxy) is 1. The van der Waals surface area contributed by atoms with E-state index in [4.69, 9.17) is 32.9 Å². The Morgan fingerprint density at radius 1 is 1.23 bits per heavy atom. The number of aliphatic hydroxyl groups is 1. The third-order valence-corrected chi connectivity index (χ3v) is 9.50. The molecule has 40 heavy (non-hydrogen) atoms. The molecule has 2 N–H and O–H groups in total. The number of anilines is 1. The fourth-order valence-corrected chi connectivity index (χ4v) is 7.88. The minimum Gasteiger partial charge on any atom is -0.364 e. The summed E-state index contributed by atoms with van der Waals surface area (Å²) < 4.78 is 23.3. The maximum absolute atomic E-state index is 16.0. The van der Waals surface area contributed by atoms with E-state index in [0.717, 1.165) is 23.3 Å². The number of nitrogens with one attached hydrogen (secondary N) is 1. The molecule has 0 saturated carbocycles. The molecule has 3 aliphatic rings. The first-order valence-corrected chi connectivity index (χ1v) is 14.1. The number of hydrogen-bond donors (Lipinski definition) is 2. The Morgan fingerprint density at radius 2 is 2.05 bits per heavy atom. The number of rotatable bonds is 4. The fraction of sp³-hybridized carbons (Fsp3) is 0.333. The number of aliphatic hydroxyl groups excluding tert-OH is 1. The van der Waals surface area contributed by atoms with Crippen molar-refractivity contribution in [3.63, 3.8) is 0 Å².